The maximum Gasteiger partial charge on any atom is 0.191 e. The van der Waals surface area contributed by atoms with Crippen LogP contribution < -0.4 is 0 Å². The Balaban J connectivity index is 1.75. The molecule has 0 unspecified atom stereocenters. The van der Waals surface area contributed by atoms with E-state index in [1.807, 2.05) is 12.3 Å². The van der Waals surface area contributed by atoms with Gasteiger partial charge in [-0.25, -0.2) is 0 Å². The summed E-state index contributed by atoms with van der Waals surface area (Å²) in [6.07, 6.45) is 5.20. The van der Waals surface area contributed by atoms with Gasteiger partial charge in [-0.2, -0.15) is 0 Å². The number of hydrogen-bond acceptors (Lipinski definition) is 4. The minimum atomic E-state index is 0.222. The van der Waals surface area contributed by atoms with Crippen LogP contribution in [0.25, 0.3) is 22.3 Å². The summed E-state index contributed by atoms with van der Waals surface area (Å²) in [5.41, 5.74) is 2.24. The molecule has 2 N–H and O–H groups in total. The minimum absolute atomic E-state index is 0.222. The Bertz CT molecular complexity index is 790. The maximum atomic E-state index is 8.95. The largest absolute Gasteiger partial charge is 0.396 e. The Kier molecular flexibility index (Phi) is 3.63. The second-order valence-electron chi connectivity index (χ2n) is 5.58. The molecule has 1 aliphatic carbocycles. The first-order valence-corrected chi connectivity index (χ1v) is 8.62. The number of fused-ring (bicyclic) bond motifs is 1. The van der Waals surface area contributed by atoms with Crippen LogP contribution in [0.1, 0.15) is 25.3 Å². The molecule has 5 nitrogen and oxygen atoms in total. The zero-order valence-corrected chi connectivity index (χ0v) is 13.0. The molecule has 0 aliphatic heterocycles. The Hall–Kier alpha value is -1.79. The molecule has 0 atom stereocenters. The molecule has 0 amide bonds. The van der Waals surface area contributed by atoms with Gasteiger partial charge in [0.2, 0.25) is 0 Å². The summed E-state index contributed by atoms with van der Waals surface area (Å²) < 4.78 is 2.28. The lowest BCUT2D eigenvalue weighted by molar-refractivity contribution is 0.296. The smallest absolute Gasteiger partial charge is 0.191 e. The first kappa shape index (κ1) is 13.8. The van der Waals surface area contributed by atoms with Crippen molar-refractivity contribution in [3.05, 3.63) is 30.5 Å². The predicted octanol–water partition coefficient (Wildman–Crippen LogP) is 3.24. The molecule has 3 aromatic rings. The topological polar surface area (TPSA) is 66.7 Å². The van der Waals surface area contributed by atoms with Crippen molar-refractivity contribution < 1.29 is 5.11 Å². The van der Waals surface area contributed by atoms with Gasteiger partial charge in [0.1, 0.15) is 0 Å². The SMILES string of the molecule is OCCCSc1nnc(-c2c[nH]c3ccccc23)n1C1CC1. The van der Waals surface area contributed by atoms with Gasteiger partial charge in [0.25, 0.3) is 0 Å². The van der Waals surface area contributed by atoms with Crippen molar-refractivity contribution in [1.82, 2.24) is 19.7 Å². The predicted molar refractivity (Wildman–Crippen MR) is 88.0 cm³/mol. The molecule has 2 heterocycles. The molecule has 2 aromatic heterocycles. The van der Waals surface area contributed by atoms with Gasteiger partial charge < -0.3 is 10.1 Å². The van der Waals surface area contributed by atoms with E-state index in [1.165, 1.54) is 18.2 Å². The number of nitrogens with zero attached hydrogens (tertiary/aromatic N) is 3. The van der Waals surface area contributed by atoms with Crippen LogP contribution in [0, 0.1) is 0 Å². The lowest BCUT2D eigenvalue weighted by Gasteiger charge is -2.08. The van der Waals surface area contributed by atoms with Crippen molar-refractivity contribution >= 4 is 22.7 Å². The monoisotopic (exact) mass is 314 g/mol. The van der Waals surface area contributed by atoms with E-state index in [1.54, 1.807) is 11.8 Å². The molecule has 0 saturated heterocycles. The van der Waals surface area contributed by atoms with Crippen LogP contribution in [0.5, 0.6) is 0 Å². The van der Waals surface area contributed by atoms with Crippen molar-refractivity contribution in [3.63, 3.8) is 0 Å². The fourth-order valence-corrected chi connectivity index (χ4v) is 3.63. The third kappa shape index (κ3) is 2.42. The summed E-state index contributed by atoms with van der Waals surface area (Å²) in [7, 11) is 0. The highest BCUT2D eigenvalue weighted by Crippen LogP contribution is 2.42. The number of benzene rings is 1. The average Bonchev–Trinajstić information content (AvgIpc) is 3.16. The highest BCUT2D eigenvalue weighted by Gasteiger charge is 2.30. The number of aliphatic hydroxyl groups is 1. The van der Waals surface area contributed by atoms with Gasteiger partial charge in [-0.15, -0.1) is 10.2 Å². The molecule has 4 rings (SSSR count). The van der Waals surface area contributed by atoms with Crippen LogP contribution in [0.15, 0.2) is 35.6 Å². The number of aliphatic hydroxyl groups excluding tert-OH is 1. The molecule has 114 valence electrons. The first-order valence-electron chi connectivity index (χ1n) is 7.63. The van der Waals surface area contributed by atoms with Gasteiger partial charge in [-0.3, -0.25) is 4.57 Å². The quantitative estimate of drug-likeness (QED) is 0.541. The van der Waals surface area contributed by atoms with Crippen LogP contribution in [0.3, 0.4) is 0 Å². The second-order valence-corrected chi connectivity index (χ2v) is 6.64. The standard InChI is InChI=1S/C16H18N4OS/c21-8-3-9-22-16-19-18-15(20(16)11-6-7-11)13-10-17-14-5-2-1-4-12(13)14/h1-2,4-5,10-11,17,21H,3,6-9H2. The maximum absolute atomic E-state index is 8.95. The van der Waals surface area contributed by atoms with Crippen LogP contribution in [0.4, 0.5) is 0 Å². The lowest BCUT2D eigenvalue weighted by Crippen LogP contribution is -2.00. The molecule has 1 fully saturated rings. The molecule has 0 bridgehead atoms. The summed E-state index contributed by atoms with van der Waals surface area (Å²) >= 11 is 1.68. The fraction of sp³-hybridized carbons (Fsp3) is 0.375. The van der Waals surface area contributed by atoms with Crippen molar-refractivity contribution in [3.8, 4) is 11.4 Å². The highest BCUT2D eigenvalue weighted by atomic mass is 32.2. The molecule has 1 aromatic carbocycles. The number of aromatic amines is 1. The Labute approximate surface area is 132 Å². The zero-order valence-electron chi connectivity index (χ0n) is 12.2. The Morgan fingerprint density at radius 2 is 2.14 bits per heavy atom. The molecule has 0 radical (unpaired) electrons. The van der Waals surface area contributed by atoms with E-state index in [9.17, 15) is 0 Å². The van der Waals surface area contributed by atoms with Crippen molar-refractivity contribution in [2.45, 2.75) is 30.5 Å². The van der Waals surface area contributed by atoms with E-state index >= 15 is 0 Å². The van der Waals surface area contributed by atoms with E-state index in [0.717, 1.165) is 34.2 Å². The van der Waals surface area contributed by atoms with E-state index < -0.39 is 0 Å². The summed E-state index contributed by atoms with van der Waals surface area (Å²) in [5, 5.41) is 20.0. The number of nitrogens with one attached hydrogen (secondary N) is 1. The minimum Gasteiger partial charge on any atom is -0.396 e. The number of H-pyrrole nitrogens is 1. The first-order chi connectivity index (χ1) is 10.9. The highest BCUT2D eigenvalue weighted by molar-refractivity contribution is 7.99. The van der Waals surface area contributed by atoms with Gasteiger partial charge in [-0.05, 0) is 25.3 Å². The number of thioether (sulfide) groups is 1. The second kappa shape index (κ2) is 5.78. The zero-order chi connectivity index (χ0) is 14.9. The third-order valence-electron chi connectivity index (χ3n) is 3.94. The molecular formula is C16H18N4OS. The van der Waals surface area contributed by atoms with Gasteiger partial charge >= 0.3 is 0 Å². The van der Waals surface area contributed by atoms with Gasteiger partial charge in [0.05, 0.1) is 0 Å². The number of hydrogen-bond donors (Lipinski definition) is 2. The van der Waals surface area contributed by atoms with Gasteiger partial charge in [0.15, 0.2) is 11.0 Å². The third-order valence-corrected chi connectivity index (χ3v) is 4.97. The van der Waals surface area contributed by atoms with Gasteiger partial charge in [0, 0.05) is 41.1 Å². The van der Waals surface area contributed by atoms with E-state index in [2.05, 4.69) is 37.9 Å². The summed E-state index contributed by atoms with van der Waals surface area (Å²) in [4.78, 5) is 3.31. The van der Waals surface area contributed by atoms with E-state index in [4.69, 9.17) is 5.11 Å². The molecule has 0 spiro atoms. The van der Waals surface area contributed by atoms with Crippen LogP contribution >= 0.6 is 11.8 Å². The number of rotatable bonds is 6. The van der Waals surface area contributed by atoms with Crippen LogP contribution in [0.2, 0.25) is 0 Å². The Morgan fingerprint density at radius 1 is 1.27 bits per heavy atom. The molecular weight excluding hydrogens is 296 g/mol. The normalized spacial score (nSPS) is 14.8. The van der Waals surface area contributed by atoms with E-state index in [0.29, 0.717) is 6.04 Å². The summed E-state index contributed by atoms with van der Waals surface area (Å²) in [5.74, 6) is 1.82. The molecule has 6 heteroatoms. The average molecular weight is 314 g/mol. The number of aromatic nitrogens is 4. The number of para-hydroxylation sites is 1. The lowest BCUT2D eigenvalue weighted by atomic mass is 10.1. The van der Waals surface area contributed by atoms with Crippen molar-refractivity contribution in [2.75, 3.05) is 12.4 Å². The molecule has 1 aliphatic rings. The molecule has 22 heavy (non-hydrogen) atoms. The summed E-state index contributed by atoms with van der Waals surface area (Å²) in [6, 6.07) is 8.80. The van der Waals surface area contributed by atoms with Crippen LogP contribution in [-0.4, -0.2) is 37.2 Å². The molecule has 1 saturated carbocycles. The van der Waals surface area contributed by atoms with Crippen LogP contribution in [-0.2, 0) is 0 Å². The summed E-state index contributed by atoms with van der Waals surface area (Å²) in [6.45, 7) is 0.222. The fourth-order valence-electron chi connectivity index (χ4n) is 2.71. The Morgan fingerprint density at radius 3 is 2.95 bits per heavy atom. The van der Waals surface area contributed by atoms with Crippen molar-refractivity contribution in [2.24, 2.45) is 0 Å². The van der Waals surface area contributed by atoms with E-state index in [-0.39, 0.29) is 6.61 Å². The van der Waals surface area contributed by atoms with Gasteiger partial charge in [-0.1, -0.05) is 30.0 Å². The van der Waals surface area contributed by atoms with Crippen molar-refractivity contribution in [1.29, 1.82) is 0 Å².